The topological polar surface area (TPSA) is 89.3 Å². The van der Waals surface area contributed by atoms with Crippen LogP contribution in [0.2, 0.25) is 0 Å². The highest BCUT2D eigenvalue weighted by atomic mass is 16.5. The first-order chi connectivity index (χ1) is 12.1. The molecule has 1 amide bonds. The molecule has 3 heterocycles. The van der Waals surface area contributed by atoms with Crippen molar-refractivity contribution in [3.8, 4) is 0 Å². The molecule has 1 saturated heterocycles. The number of aromatic nitrogens is 2. The first-order valence-corrected chi connectivity index (χ1v) is 8.61. The zero-order valence-electron chi connectivity index (χ0n) is 14.8. The lowest BCUT2D eigenvalue weighted by Crippen LogP contribution is -2.52. The largest absolute Gasteiger partial charge is 0.456 e. The molecule has 1 aliphatic rings. The van der Waals surface area contributed by atoms with Gasteiger partial charge in [0.15, 0.2) is 5.76 Å². The smallest absolute Gasteiger partial charge is 0.287 e. The number of nitrogens with zero attached hydrogens (tertiary/aromatic N) is 2. The van der Waals surface area contributed by atoms with Crippen molar-refractivity contribution in [3.63, 3.8) is 0 Å². The Labute approximate surface area is 147 Å². The molecule has 0 aliphatic carbocycles. The summed E-state index contributed by atoms with van der Waals surface area (Å²) >= 11 is 0. The van der Waals surface area contributed by atoms with Crippen LogP contribution in [0.25, 0.3) is 0 Å². The van der Waals surface area contributed by atoms with Crippen LogP contribution < -0.4 is 10.6 Å². The van der Waals surface area contributed by atoms with Gasteiger partial charge in [-0.2, -0.15) is 0 Å². The summed E-state index contributed by atoms with van der Waals surface area (Å²) in [7, 11) is 0. The first kappa shape index (κ1) is 17.4. The fraction of sp³-hybridized carbons (Fsp3) is 0.500. The molecule has 7 heteroatoms. The van der Waals surface area contributed by atoms with Crippen LogP contribution >= 0.6 is 0 Å². The van der Waals surface area contributed by atoms with Crippen molar-refractivity contribution >= 4 is 11.7 Å². The maximum atomic E-state index is 12.6. The molecular weight excluding hydrogens is 320 g/mol. The molecule has 2 aromatic heterocycles. The standard InChI is InChI=1S/C18H24N4O3/c1-4-13-9-11(2)17(25-13)18(23)22-14-6-8-24-10-15(14)21-16-5-7-19-12(3)20-16/h5,7,9,14-15H,4,6,8,10H2,1-3H3,(H,22,23)(H,19,20,21)/t14-,15+/m0/s1. The number of hydrogen-bond donors (Lipinski definition) is 2. The molecule has 25 heavy (non-hydrogen) atoms. The van der Waals surface area contributed by atoms with Gasteiger partial charge in [0.1, 0.15) is 17.4 Å². The minimum atomic E-state index is -0.185. The van der Waals surface area contributed by atoms with Gasteiger partial charge in [-0.15, -0.1) is 0 Å². The van der Waals surface area contributed by atoms with Gasteiger partial charge < -0.3 is 19.8 Å². The average Bonchev–Trinajstić information content (AvgIpc) is 2.98. The predicted octanol–water partition coefficient (Wildman–Crippen LogP) is 2.25. The fourth-order valence-electron chi connectivity index (χ4n) is 2.96. The highest BCUT2D eigenvalue weighted by Crippen LogP contribution is 2.18. The molecule has 3 rings (SSSR count). The fourth-order valence-corrected chi connectivity index (χ4v) is 2.96. The summed E-state index contributed by atoms with van der Waals surface area (Å²) in [5.41, 5.74) is 0.859. The third-order valence-corrected chi connectivity index (χ3v) is 4.31. The summed E-state index contributed by atoms with van der Waals surface area (Å²) in [6, 6.07) is 3.60. The maximum Gasteiger partial charge on any atom is 0.287 e. The van der Waals surface area contributed by atoms with Crippen LogP contribution in [-0.4, -0.2) is 41.2 Å². The van der Waals surface area contributed by atoms with Crippen molar-refractivity contribution in [3.05, 3.63) is 41.2 Å². The van der Waals surface area contributed by atoms with E-state index in [1.165, 1.54) is 0 Å². The number of amides is 1. The van der Waals surface area contributed by atoms with E-state index < -0.39 is 0 Å². The Kier molecular flexibility index (Phi) is 5.33. The third-order valence-electron chi connectivity index (χ3n) is 4.31. The number of furan rings is 1. The van der Waals surface area contributed by atoms with E-state index in [2.05, 4.69) is 20.6 Å². The summed E-state index contributed by atoms with van der Waals surface area (Å²) in [5, 5.41) is 6.42. The quantitative estimate of drug-likeness (QED) is 0.865. The SMILES string of the molecule is CCc1cc(C)c(C(=O)N[C@H]2CCOC[C@H]2Nc2ccnc(C)n2)o1. The molecule has 0 bridgehead atoms. The maximum absolute atomic E-state index is 12.6. The molecule has 1 fully saturated rings. The van der Waals surface area contributed by atoms with Crippen LogP contribution in [-0.2, 0) is 11.2 Å². The van der Waals surface area contributed by atoms with Crippen molar-refractivity contribution in [2.75, 3.05) is 18.5 Å². The molecule has 7 nitrogen and oxygen atoms in total. The van der Waals surface area contributed by atoms with Crippen LogP contribution in [0.5, 0.6) is 0 Å². The molecule has 2 atom stereocenters. The lowest BCUT2D eigenvalue weighted by atomic mass is 10.0. The lowest BCUT2D eigenvalue weighted by Gasteiger charge is -2.32. The van der Waals surface area contributed by atoms with Crippen LogP contribution in [0.3, 0.4) is 0 Å². The van der Waals surface area contributed by atoms with Crippen LogP contribution in [0.15, 0.2) is 22.7 Å². The Hall–Kier alpha value is -2.41. The normalized spacial score (nSPS) is 20.3. The second kappa shape index (κ2) is 7.65. The van der Waals surface area contributed by atoms with Gasteiger partial charge >= 0.3 is 0 Å². The van der Waals surface area contributed by atoms with Gasteiger partial charge in [-0.1, -0.05) is 6.92 Å². The van der Waals surface area contributed by atoms with Gasteiger partial charge in [0, 0.05) is 24.8 Å². The molecule has 2 N–H and O–H groups in total. The van der Waals surface area contributed by atoms with E-state index in [0.29, 0.717) is 24.8 Å². The summed E-state index contributed by atoms with van der Waals surface area (Å²) in [5.74, 6) is 2.45. The molecular formula is C18H24N4O3. The van der Waals surface area contributed by atoms with Crippen molar-refractivity contribution in [1.29, 1.82) is 0 Å². The van der Waals surface area contributed by atoms with E-state index in [4.69, 9.17) is 9.15 Å². The lowest BCUT2D eigenvalue weighted by molar-refractivity contribution is 0.0609. The molecule has 0 spiro atoms. The zero-order valence-corrected chi connectivity index (χ0v) is 14.8. The Morgan fingerprint density at radius 2 is 2.20 bits per heavy atom. The van der Waals surface area contributed by atoms with Gasteiger partial charge in [0.25, 0.3) is 5.91 Å². The number of hydrogen-bond acceptors (Lipinski definition) is 6. The van der Waals surface area contributed by atoms with Crippen LogP contribution in [0, 0.1) is 13.8 Å². The van der Waals surface area contributed by atoms with Gasteiger partial charge in [0.05, 0.1) is 18.7 Å². The van der Waals surface area contributed by atoms with Crippen molar-refractivity contribution in [2.24, 2.45) is 0 Å². The Balaban J connectivity index is 1.70. The highest BCUT2D eigenvalue weighted by Gasteiger charge is 2.29. The molecule has 0 unspecified atom stereocenters. The Bertz CT molecular complexity index is 744. The highest BCUT2D eigenvalue weighted by molar-refractivity contribution is 5.93. The number of carbonyl (C=O) groups is 1. The summed E-state index contributed by atoms with van der Waals surface area (Å²) in [6.07, 6.45) is 3.21. The predicted molar refractivity (Wildman–Crippen MR) is 93.7 cm³/mol. The van der Waals surface area contributed by atoms with E-state index in [0.717, 1.165) is 30.0 Å². The number of rotatable bonds is 5. The van der Waals surface area contributed by atoms with E-state index in [-0.39, 0.29) is 18.0 Å². The molecule has 2 aromatic rings. The van der Waals surface area contributed by atoms with Gasteiger partial charge in [-0.25, -0.2) is 9.97 Å². The number of carbonyl (C=O) groups excluding carboxylic acids is 1. The van der Waals surface area contributed by atoms with Gasteiger partial charge in [-0.3, -0.25) is 4.79 Å². The van der Waals surface area contributed by atoms with Gasteiger partial charge in [0.2, 0.25) is 0 Å². The third kappa shape index (κ3) is 4.17. The van der Waals surface area contributed by atoms with E-state index >= 15 is 0 Å². The van der Waals surface area contributed by atoms with E-state index in [1.807, 2.05) is 32.9 Å². The Morgan fingerprint density at radius 1 is 1.36 bits per heavy atom. The zero-order chi connectivity index (χ0) is 17.8. The monoisotopic (exact) mass is 344 g/mol. The number of nitrogens with one attached hydrogen (secondary N) is 2. The first-order valence-electron chi connectivity index (χ1n) is 8.61. The van der Waals surface area contributed by atoms with Crippen molar-refractivity contribution in [2.45, 2.75) is 45.7 Å². The second-order valence-electron chi connectivity index (χ2n) is 6.26. The van der Waals surface area contributed by atoms with E-state index in [9.17, 15) is 4.79 Å². The van der Waals surface area contributed by atoms with E-state index in [1.54, 1.807) is 6.20 Å². The summed E-state index contributed by atoms with van der Waals surface area (Å²) < 4.78 is 11.2. The number of anilines is 1. The van der Waals surface area contributed by atoms with Crippen LogP contribution in [0.1, 0.15) is 41.0 Å². The Morgan fingerprint density at radius 3 is 2.92 bits per heavy atom. The molecule has 0 saturated carbocycles. The average molecular weight is 344 g/mol. The minimum absolute atomic E-state index is 0.0621. The number of ether oxygens (including phenoxy) is 1. The van der Waals surface area contributed by atoms with Crippen molar-refractivity contribution in [1.82, 2.24) is 15.3 Å². The van der Waals surface area contributed by atoms with Crippen molar-refractivity contribution < 1.29 is 13.9 Å². The molecule has 0 aromatic carbocycles. The number of aryl methyl sites for hydroxylation is 3. The molecule has 1 aliphatic heterocycles. The minimum Gasteiger partial charge on any atom is -0.456 e. The summed E-state index contributed by atoms with van der Waals surface area (Å²) in [4.78, 5) is 21.1. The molecule has 134 valence electrons. The second-order valence-corrected chi connectivity index (χ2v) is 6.26. The van der Waals surface area contributed by atoms with Crippen LogP contribution in [0.4, 0.5) is 5.82 Å². The molecule has 0 radical (unpaired) electrons. The van der Waals surface area contributed by atoms with Gasteiger partial charge in [-0.05, 0) is 32.4 Å². The summed E-state index contributed by atoms with van der Waals surface area (Å²) in [6.45, 7) is 6.85.